The molecule has 2 aliphatic heterocycles. The van der Waals surface area contributed by atoms with Crippen molar-refractivity contribution in [3.8, 4) is 0 Å². The van der Waals surface area contributed by atoms with E-state index < -0.39 is 0 Å². The lowest BCUT2D eigenvalue weighted by Gasteiger charge is -2.29. The van der Waals surface area contributed by atoms with Crippen LogP contribution in [-0.4, -0.2) is 22.8 Å². The van der Waals surface area contributed by atoms with E-state index in [1.54, 1.807) is 0 Å². The van der Waals surface area contributed by atoms with Crippen LogP contribution in [0.5, 0.6) is 0 Å². The summed E-state index contributed by atoms with van der Waals surface area (Å²) in [5, 5.41) is 2.42. The number of imide groups is 1. The molecule has 2 amide bonds. The molecule has 1 fully saturated rings. The van der Waals surface area contributed by atoms with Crippen LogP contribution in [0.1, 0.15) is 24.0 Å². The second-order valence-corrected chi connectivity index (χ2v) is 5.70. The minimum absolute atomic E-state index is 0.155. The van der Waals surface area contributed by atoms with Gasteiger partial charge in [-0.2, -0.15) is 0 Å². The lowest BCUT2D eigenvalue weighted by molar-refractivity contribution is -0.137. The van der Waals surface area contributed by atoms with E-state index in [1.165, 1.54) is 11.1 Å². The predicted molar refractivity (Wildman–Crippen MR) is 69.6 cm³/mol. The van der Waals surface area contributed by atoms with Crippen molar-refractivity contribution >= 4 is 27.7 Å². The molecule has 1 atom stereocenters. The molecule has 0 radical (unpaired) electrons. The number of piperidine rings is 1. The predicted octanol–water partition coefficient (Wildman–Crippen LogP) is 1.57. The van der Waals surface area contributed by atoms with Crippen LogP contribution >= 0.6 is 15.9 Å². The zero-order valence-electron chi connectivity index (χ0n) is 9.78. The molecule has 5 heteroatoms. The van der Waals surface area contributed by atoms with Crippen molar-refractivity contribution in [3.05, 3.63) is 33.8 Å². The number of carbonyl (C=O) groups is 2. The number of halogens is 1. The third-order valence-electron chi connectivity index (χ3n) is 3.57. The molecular weight excluding hydrogens is 296 g/mol. The summed E-state index contributed by atoms with van der Waals surface area (Å²) in [7, 11) is 0. The van der Waals surface area contributed by atoms with Gasteiger partial charge in [0.1, 0.15) is 0 Å². The number of fused-ring (bicyclic) bond motifs is 1. The van der Waals surface area contributed by atoms with Gasteiger partial charge in [0.05, 0.1) is 6.04 Å². The Kier molecular flexibility index (Phi) is 2.95. The molecule has 4 nitrogen and oxygen atoms in total. The molecule has 0 spiro atoms. The van der Waals surface area contributed by atoms with Crippen LogP contribution in [0.25, 0.3) is 0 Å². The Balaban J connectivity index is 1.77. The van der Waals surface area contributed by atoms with Gasteiger partial charge in [0.25, 0.3) is 0 Å². The number of carbonyl (C=O) groups excluding carboxylic acids is 2. The highest BCUT2D eigenvalue weighted by Gasteiger charge is 2.34. The maximum absolute atomic E-state index is 11.8. The molecular formula is C13H13BrN2O2. The molecule has 2 aliphatic rings. The number of nitrogens with zero attached hydrogens (tertiary/aromatic N) is 1. The van der Waals surface area contributed by atoms with Gasteiger partial charge in [-0.1, -0.05) is 22.0 Å². The first-order valence-corrected chi connectivity index (χ1v) is 6.78. The Hall–Kier alpha value is -1.20. The summed E-state index contributed by atoms with van der Waals surface area (Å²) in [6, 6.07) is 6.04. The number of hydrogen-bond donors (Lipinski definition) is 1. The third-order valence-corrected chi connectivity index (χ3v) is 4.06. The van der Waals surface area contributed by atoms with E-state index in [2.05, 4.69) is 38.3 Å². The highest BCUT2D eigenvalue weighted by molar-refractivity contribution is 9.10. The largest absolute Gasteiger partial charge is 0.295 e. The number of nitrogens with one attached hydrogen (secondary N) is 1. The van der Waals surface area contributed by atoms with Crippen LogP contribution in [0.15, 0.2) is 22.7 Å². The van der Waals surface area contributed by atoms with Crippen LogP contribution in [0.2, 0.25) is 0 Å². The Bertz CT molecular complexity index is 530. The smallest absolute Gasteiger partial charge is 0.243 e. The van der Waals surface area contributed by atoms with Crippen LogP contribution in [0.3, 0.4) is 0 Å². The fourth-order valence-electron chi connectivity index (χ4n) is 2.64. The molecule has 0 aliphatic carbocycles. The Morgan fingerprint density at radius 3 is 2.78 bits per heavy atom. The molecule has 1 saturated heterocycles. The lowest BCUT2D eigenvalue weighted by Crippen LogP contribution is -2.50. The Morgan fingerprint density at radius 1 is 1.22 bits per heavy atom. The number of rotatable bonds is 1. The summed E-state index contributed by atoms with van der Waals surface area (Å²) in [5.41, 5.74) is 2.52. The van der Waals surface area contributed by atoms with Gasteiger partial charge in [-0.25, -0.2) is 0 Å². The normalized spacial score (nSPS) is 23.9. The van der Waals surface area contributed by atoms with Crippen molar-refractivity contribution in [1.82, 2.24) is 10.2 Å². The number of hydrogen-bond acceptors (Lipinski definition) is 3. The summed E-state index contributed by atoms with van der Waals surface area (Å²) in [6.45, 7) is 1.57. The average Bonchev–Trinajstić information content (AvgIpc) is 2.71. The van der Waals surface area contributed by atoms with Gasteiger partial charge >= 0.3 is 0 Å². The first kappa shape index (κ1) is 11.9. The molecule has 0 bridgehead atoms. The van der Waals surface area contributed by atoms with Gasteiger partial charge in [-0.05, 0) is 29.7 Å². The summed E-state index contributed by atoms with van der Waals surface area (Å²) >= 11 is 3.46. The van der Waals surface area contributed by atoms with Gasteiger partial charge in [0.15, 0.2) is 0 Å². The van der Waals surface area contributed by atoms with E-state index in [-0.39, 0.29) is 17.9 Å². The van der Waals surface area contributed by atoms with Crippen LogP contribution in [-0.2, 0) is 22.7 Å². The molecule has 1 aromatic rings. The maximum Gasteiger partial charge on any atom is 0.243 e. The van der Waals surface area contributed by atoms with Gasteiger partial charge in [-0.15, -0.1) is 0 Å². The highest BCUT2D eigenvalue weighted by Crippen LogP contribution is 2.29. The van der Waals surface area contributed by atoms with Crippen molar-refractivity contribution in [2.24, 2.45) is 0 Å². The lowest BCUT2D eigenvalue weighted by atomic mass is 10.0. The SMILES string of the molecule is O=C1CCC(N2Cc3ccc(Br)cc3C2)C(=O)N1. The molecule has 94 valence electrons. The zero-order valence-corrected chi connectivity index (χ0v) is 11.4. The molecule has 0 saturated carbocycles. The Labute approximate surface area is 113 Å². The second kappa shape index (κ2) is 4.48. The summed E-state index contributed by atoms with van der Waals surface area (Å²) in [4.78, 5) is 25.1. The van der Waals surface area contributed by atoms with E-state index in [9.17, 15) is 9.59 Å². The zero-order chi connectivity index (χ0) is 12.7. The van der Waals surface area contributed by atoms with Crippen LogP contribution < -0.4 is 5.32 Å². The van der Waals surface area contributed by atoms with Gasteiger partial charge < -0.3 is 0 Å². The summed E-state index contributed by atoms with van der Waals surface area (Å²) in [6.07, 6.45) is 1.06. The van der Waals surface area contributed by atoms with E-state index >= 15 is 0 Å². The van der Waals surface area contributed by atoms with Crippen molar-refractivity contribution in [3.63, 3.8) is 0 Å². The average molecular weight is 309 g/mol. The minimum atomic E-state index is -0.172. The van der Waals surface area contributed by atoms with E-state index in [4.69, 9.17) is 0 Å². The van der Waals surface area contributed by atoms with Crippen LogP contribution in [0.4, 0.5) is 0 Å². The third kappa shape index (κ3) is 2.08. The molecule has 1 unspecified atom stereocenters. The number of benzene rings is 1. The van der Waals surface area contributed by atoms with Crippen molar-refractivity contribution in [2.45, 2.75) is 32.0 Å². The fourth-order valence-corrected chi connectivity index (χ4v) is 3.05. The van der Waals surface area contributed by atoms with Gasteiger partial charge in [0, 0.05) is 24.0 Å². The van der Waals surface area contributed by atoms with E-state index in [1.807, 2.05) is 6.07 Å². The number of amides is 2. The van der Waals surface area contributed by atoms with Gasteiger partial charge in [-0.3, -0.25) is 19.8 Å². The highest BCUT2D eigenvalue weighted by atomic mass is 79.9. The topological polar surface area (TPSA) is 49.4 Å². The van der Waals surface area contributed by atoms with Crippen LogP contribution in [0, 0.1) is 0 Å². The first-order chi connectivity index (χ1) is 8.63. The second-order valence-electron chi connectivity index (χ2n) is 4.78. The molecule has 2 heterocycles. The molecule has 0 aromatic heterocycles. The quantitative estimate of drug-likeness (QED) is 0.801. The minimum Gasteiger partial charge on any atom is -0.295 e. The monoisotopic (exact) mass is 308 g/mol. The molecule has 1 aromatic carbocycles. The summed E-state index contributed by atoms with van der Waals surface area (Å²) < 4.78 is 1.06. The Morgan fingerprint density at radius 2 is 2.00 bits per heavy atom. The first-order valence-electron chi connectivity index (χ1n) is 5.98. The fraction of sp³-hybridized carbons (Fsp3) is 0.385. The molecule has 3 rings (SSSR count). The van der Waals surface area contributed by atoms with Crippen molar-refractivity contribution < 1.29 is 9.59 Å². The molecule has 1 N–H and O–H groups in total. The van der Waals surface area contributed by atoms with E-state index in [0.717, 1.165) is 17.6 Å². The van der Waals surface area contributed by atoms with Crippen molar-refractivity contribution in [1.29, 1.82) is 0 Å². The maximum atomic E-state index is 11.8. The summed E-state index contributed by atoms with van der Waals surface area (Å²) in [5.74, 6) is -0.311. The van der Waals surface area contributed by atoms with E-state index in [0.29, 0.717) is 12.8 Å². The van der Waals surface area contributed by atoms with Gasteiger partial charge in [0.2, 0.25) is 11.8 Å². The van der Waals surface area contributed by atoms with Crippen molar-refractivity contribution in [2.75, 3.05) is 0 Å². The molecule has 18 heavy (non-hydrogen) atoms. The standard InChI is InChI=1S/C13H13BrN2O2/c14-10-2-1-8-6-16(7-9(8)5-10)11-3-4-12(17)15-13(11)18/h1-2,5,11H,3-4,6-7H2,(H,15,17,18).